The third kappa shape index (κ3) is 2.35. The number of rotatable bonds is 2. The molecule has 0 radical (unpaired) electrons. The van der Waals surface area contributed by atoms with E-state index < -0.39 is 0 Å². The topological polar surface area (TPSA) is 29.5 Å². The minimum atomic E-state index is 0.124. The Labute approximate surface area is 96.0 Å². The number of hydrogen-bond donors (Lipinski definition) is 0. The highest BCUT2D eigenvalue weighted by Crippen LogP contribution is 2.17. The van der Waals surface area contributed by atoms with Crippen molar-refractivity contribution >= 4 is 5.91 Å². The van der Waals surface area contributed by atoms with E-state index in [0.717, 1.165) is 37.2 Å². The van der Waals surface area contributed by atoms with Crippen molar-refractivity contribution in [2.45, 2.75) is 19.3 Å². The van der Waals surface area contributed by atoms with Crippen LogP contribution in [0.5, 0.6) is 5.75 Å². The van der Waals surface area contributed by atoms with Crippen molar-refractivity contribution in [2.24, 2.45) is 0 Å². The minimum absolute atomic E-state index is 0.124. The average Bonchev–Trinajstić information content (AvgIpc) is 2.39. The smallest absolute Gasteiger partial charge is 0.253 e. The van der Waals surface area contributed by atoms with Crippen molar-refractivity contribution in [3.63, 3.8) is 0 Å². The SMILES string of the molecule is COc1cccc(C(=O)N2CCCCC2)c1. The van der Waals surface area contributed by atoms with Gasteiger partial charge in [-0.05, 0) is 37.5 Å². The Bertz CT molecular complexity index is 370. The van der Waals surface area contributed by atoms with Crippen LogP contribution >= 0.6 is 0 Å². The van der Waals surface area contributed by atoms with Crippen molar-refractivity contribution in [2.75, 3.05) is 20.2 Å². The summed E-state index contributed by atoms with van der Waals surface area (Å²) in [5.41, 5.74) is 0.723. The standard InChI is InChI=1S/C13H17NO2/c1-16-12-7-5-6-11(10-12)13(15)14-8-3-2-4-9-14/h5-7,10H,2-4,8-9H2,1H3. The summed E-state index contributed by atoms with van der Waals surface area (Å²) >= 11 is 0. The van der Waals surface area contributed by atoms with Gasteiger partial charge in [0.2, 0.25) is 0 Å². The second-order valence-electron chi connectivity index (χ2n) is 4.08. The largest absolute Gasteiger partial charge is 0.497 e. The number of likely N-dealkylation sites (tertiary alicyclic amines) is 1. The summed E-state index contributed by atoms with van der Waals surface area (Å²) in [5, 5.41) is 0. The van der Waals surface area contributed by atoms with Gasteiger partial charge in [0.05, 0.1) is 7.11 Å². The first-order chi connectivity index (χ1) is 7.81. The van der Waals surface area contributed by atoms with Crippen LogP contribution in [0, 0.1) is 0 Å². The molecule has 0 bridgehead atoms. The summed E-state index contributed by atoms with van der Waals surface area (Å²) in [6, 6.07) is 7.36. The Kier molecular flexibility index (Phi) is 3.44. The van der Waals surface area contributed by atoms with Crippen LogP contribution in [0.25, 0.3) is 0 Å². The lowest BCUT2D eigenvalue weighted by Gasteiger charge is -2.26. The third-order valence-electron chi connectivity index (χ3n) is 2.96. The maximum atomic E-state index is 12.1. The van der Waals surface area contributed by atoms with E-state index in [2.05, 4.69) is 0 Å². The van der Waals surface area contributed by atoms with Crippen molar-refractivity contribution < 1.29 is 9.53 Å². The van der Waals surface area contributed by atoms with Crippen molar-refractivity contribution in [3.05, 3.63) is 29.8 Å². The van der Waals surface area contributed by atoms with Crippen LogP contribution < -0.4 is 4.74 Å². The molecule has 1 aromatic carbocycles. The van der Waals surface area contributed by atoms with Crippen molar-refractivity contribution in [3.8, 4) is 5.75 Å². The van der Waals surface area contributed by atoms with E-state index in [1.54, 1.807) is 13.2 Å². The van der Waals surface area contributed by atoms with Gasteiger partial charge in [0.25, 0.3) is 5.91 Å². The first kappa shape index (κ1) is 11.0. The molecule has 1 aliphatic rings. The number of nitrogens with zero attached hydrogens (tertiary/aromatic N) is 1. The molecule has 1 aliphatic heterocycles. The summed E-state index contributed by atoms with van der Waals surface area (Å²) in [4.78, 5) is 14.1. The van der Waals surface area contributed by atoms with E-state index in [0.29, 0.717) is 0 Å². The Morgan fingerprint density at radius 1 is 1.25 bits per heavy atom. The molecule has 0 atom stereocenters. The monoisotopic (exact) mass is 219 g/mol. The molecule has 2 rings (SSSR count). The molecule has 86 valence electrons. The first-order valence-corrected chi connectivity index (χ1v) is 5.74. The average molecular weight is 219 g/mol. The highest BCUT2D eigenvalue weighted by atomic mass is 16.5. The fourth-order valence-corrected chi connectivity index (χ4v) is 2.04. The van der Waals surface area contributed by atoms with E-state index in [-0.39, 0.29) is 5.91 Å². The number of hydrogen-bond acceptors (Lipinski definition) is 2. The van der Waals surface area contributed by atoms with Gasteiger partial charge in [-0.25, -0.2) is 0 Å². The van der Waals surface area contributed by atoms with Gasteiger partial charge in [0, 0.05) is 18.7 Å². The summed E-state index contributed by atoms with van der Waals surface area (Å²) in [5.74, 6) is 0.862. The number of piperidine rings is 1. The van der Waals surface area contributed by atoms with Crippen molar-refractivity contribution in [1.29, 1.82) is 0 Å². The predicted octanol–water partition coefficient (Wildman–Crippen LogP) is 2.32. The van der Waals surface area contributed by atoms with Crippen LogP contribution in [-0.4, -0.2) is 31.0 Å². The summed E-state index contributed by atoms with van der Waals surface area (Å²) in [6.07, 6.45) is 3.48. The highest BCUT2D eigenvalue weighted by molar-refractivity contribution is 5.94. The van der Waals surface area contributed by atoms with E-state index in [9.17, 15) is 4.79 Å². The molecule has 0 aliphatic carbocycles. The molecule has 3 nitrogen and oxygen atoms in total. The van der Waals surface area contributed by atoms with Gasteiger partial charge in [0.15, 0.2) is 0 Å². The number of carbonyl (C=O) groups is 1. The molecule has 1 fully saturated rings. The van der Waals surface area contributed by atoms with Crippen LogP contribution in [0.4, 0.5) is 0 Å². The van der Waals surface area contributed by atoms with Gasteiger partial charge in [0.1, 0.15) is 5.75 Å². The van der Waals surface area contributed by atoms with Crippen LogP contribution in [0.3, 0.4) is 0 Å². The molecule has 1 heterocycles. The van der Waals surface area contributed by atoms with Gasteiger partial charge in [-0.3, -0.25) is 4.79 Å². The summed E-state index contributed by atoms with van der Waals surface area (Å²) < 4.78 is 5.12. The van der Waals surface area contributed by atoms with Crippen LogP contribution in [0.15, 0.2) is 24.3 Å². The first-order valence-electron chi connectivity index (χ1n) is 5.74. The number of methoxy groups -OCH3 is 1. The molecule has 0 spiro atoms. The lowest BCUT2D eigenvalue weighted by molar-refractivity contribution is 0.0724. The number of benzene rings is 1. The lowest BCUT2D eigenvalue weighted by atomic mass is 10.1. The molecular formula is C13H17NO2. The number of amides is 1. The maximum Gasteiger partial charge on any atom is 0.253 e. The third-order valence-corrected chi connectivity index (χ3v) is 2.96. The van der Waals surface area contributed by atoms with Gasteiger partial charge in [-0.2, -0.15) is 0 Å². The zero-order valence-electron chi connectivity index (χ0n) is 9.61. The van der Waals surface area contributed by atoms with Gasteiger partial charge in [-0.1, -0.05) is 6.07 Å². The summed E-state index contributed by atoms with van der Waals surface area (Å²) in [7, 11) is 1.62. The molecule has 0 saturated carbocycles. The fraction of sp³-hybridized carbons (Fsp3) is 0.462. The van der Waals surface area contributed by atoms with E-state index in [1.807, 2.05) is 23.1 Å². The number of carbonyl (C=O) groups excluding carboxylic acids is 1. The minimum Gasteiger partial charge on any atom is -0.497 e. The normalized spacial score (nSPS) is 15.9. The quantitative estimate of drug-likeness (QED) is 0.764. The fourth-order valence-electron chi connectivity index (χ4n) is 2.04. The van der Waals surface area contributed by atoms with Gasteiger partial charge >= 0.3 is 0 Å². The molecule has 3 heteroatoms. The predicted molar refractivity (Wildman–Crippen MR) is 62.7 cm³/mol. The van der Waals surface area contributed by atoms with E-state index in [1.165, 1.54) is 6.42 Å². The molecule has 1 saturated heterocycles. The Morgan fingerprint density at radius 2 is 2.00 bits per heavy atom. The Morgan fingerprint density at radius 3 is 2.69 bits per heavy atom. The zero-order valence-corrected chi connectivity index (χ0v) is 9.61. The molecule has 16 heavy (non-hydrogen) atoms. The van der Waals surface area contributed by atoms with E-state index >= 15 is 0 Å². The molecular weight excluding hydrogens is 202 g/mol. The zero-order chi connectivity index (χ0) is 11.4. The summed E-state index contributed by atoms with van der Waals surface area (Å²) in [6.45, 7) is 1.77. The molecule has 1 amide bonds. The van der Waals surface area contributed by atoms with Crippen LogP contribution in [-0.2, 0) is 0 Å². The van der Waals surface area contributed by atoms with Crippen LogP contribution in [0.1, 0.15) is 29.6 Å². The van der Waals surface area contributed by atoms with Crippen molar-refractivity contribution in [1.82, 2.24) is 4.90 Å². The molecule has 0 aromatic heterocycles. The highest BCUT2D eigenvalue weighted by Gasteiger charge is 2.18. The lowest BCUT2D eigenvalue weighted by Crippen LogP contribution is -2.35. The Balaban J connectivity index is 2.12. The molecule has 0 unspecified atom stereocenters. The molecule has 0 N–H and O–H groups in total. The number of ether oxygens (including phenoxy) is 1. The molecule has 1 aromatic rings. The second-order valence-corrected chi connectivity index (χ2v) is 4.08. The van der Waals surface area contributed by atoms with Gasteiger partial charge < -0.3 is 9.64 Å². The van der Waals surface area contributed by atoms with Gasteiger partial charge in [-0.15, -0.1) is 0 Å². The Hall–Kier alpha value is -1.51. The van der Waals surface area contributed by atoms with E-state index in [4.69, 9.17) is 4.74 Å². The maximum absolute atomic E-state index is 12.1. The second kappa shape index (κ2) is 5.01. The van der Waals surface area contributed by atoms with Crippen LogP contribution in [0.2, 0.25) is 0 Å².